The van der Waals surface area contributed by atoms with Gasteiger partial charge in [0.05, 0.1) is 13.2 Å². The Morgan fingerprint density at radius 3 is 2.48 bits per heavy atom. The fraction of sp³-hybridized carbons (Fsp3) is 0.375. The second kappa shape index (κ2) is 10.1. The number of H-pyrrole nitrogens is 1. The van der Waals surface area contributed by atoms with Crippen molar-refractivity contribution in [3.05, 3.63) is 65.4 Å². The predicted octanol–water partition coefficient (Wildman–Crippen LogP) is 4.31. The fourth-order valence-electron chi connectivity index (χ4n) is 3.71. The molecule has 0 radical (unpaired) electrons. The van der Waals surface area contributed by atoms with E-state index >= 15 is 0 Å². The Morgan fingerprint density at radius 1 is 1.07 bits per heavy atom. The average molecular weight is 394 g/mol. The Labute approximate surface area is 173 Å². The average Bonchev–Trinajstić information content (AvgIpc) is 3.11. The molecule has 1 aliphatic heterocycles. The molecule has 2 heterocycles. The molecule has 29 heavy (non-hydrogen) atoms. The van der Waals surface area contributed by atoms with Crippen molar-refractivity contribution >= 4 is 22.5 Å². The second-order valence-corrected chi connectivity index (χ2v) is 6.93. The number of benzene rings is 2. The number of rotatable bonds is 5. The van der Waals surface area contributed by atoms with Gasteiger partial charge in [-0.1, -0.05) is 32.0 Å². The van der Waals surface area contributed by atoms with Crippen molar-refractivity contribution in [3.63, 3.8) is 0 Å². The highest BCUT2D eigenvalue weighted by Gasteiger charge is 2.13. The lowest BCUT2D eigenvalue weighted by Gasteiger charge is -2.28. The number of aromatic amines is 1. The van der Waals surface area contributed by atoms with Gasteiger partial charge in [0.2, 0.25) is 0 Å². The van der Waals surface area contributed by atoms with Gasteiger partial charge < -0.3 is 19.9 Å². The van der Waals surface area contributed by atoms with Crippen LogP contribution in [0.25, 0.3) is 10.9 Å². The number of anilines is 1. The van der Waals surface area contributed by atoms with Crippen molar-refractivity contribution in [1.82, 2.24) is 10.3 Å². The Kier molecular flexibility index (Phi) is 7.30. The number of hydrogen-bond donors (Lipinski definition) is 2. The first-order valence-electron chi connectivity index (χ1n) is 10.5. The number of aromatic nitrogens is 1. The zero-order valence-corrected chi connectivity index (χ0v) is 17.6. The van der Waals surface area contributed by atoms with Gasteiger partial charge in [0.15, 0.2) is 0 Å². The van der Waals surface area contributed by atoms with Crippen LogP contribution in [0.5, 0.6) is 0 Å². The van der Waals surface area contributed by atoms with Gasteiger partial charge in [-0.25, -0.2) is 0 Å². The molecule has 1 fully saturated rings. The molecule has 0 unspecified atom stereocenters. The SMILES string of the molecule is CC.Cc1[nH]c2ccccc2c1CCNC(=O)c1ccc(N2CCOCC2)cc1. The highest BCUT2D eigenvalue weighted by molar-refractivity contribution is 5.94. The molecule has 3 aromatic rings. The lowest BCUT2D eigenvalue weighted by atomic mass is 10.1. The van der Waals surface area contributed by atoms with E-state index in [-0.39, 0.29) is 5.91 Å². The monoisotopic (exact) mass is 393 g/mol. The predicted molar refractivity (Wildman–Crippen MR) is 120 cm³/mol. The third-order valence-electron chi connectivity index (χ3n) is 5.19. The summed E-state index contributed by atoms with van der Waals surface area (Å²) in [5, 5.41) is 4.28. The van der Waals surface area contributed by atoms with Crippen LogP contribution in [0.3, 0.4) is 0 Å². The quantitative estimate of drug-likeness (QED) is 0.679. The van der Waals surface area contributed by atoms with Crippen LogP contribution in [0, 0.1) is 6.92 Å². The second-order valence-electron chi connectivity index (χ2n) is 6.93. The maximum absolute atomic E-state index is 12.5. The molecular weight excluding hydrogens is 362 g/mol. The minimum atomic E-state index is -0.0268. The van der Waals surface area contributed by atoms with E-state index in [1.165, 1.54) is 16.6 Å². The molecule has 154 valence electrons. The number of aryl methyl sites for hydroxylation is 1. The van der Waals surface area contributed by atoms with Crippen LogP contribution in [0.4, 0.5) is 5.69 Å². The van der Waals surface area contributed by atoms with Gasteiger partial charge in [0, 0.05) is 47.5 Å². The molecule has 0 saturated carbocycles. The number of para-hydroxylation sites is 1. The van der Waals surface area contributed by atoms with Gasteiger partial charge in [-0.05, 0) is 49.2 Å². The Hall–Kier alpha value is -2.79. The van der Waals surface area contributed by atoms with E-state index in [1.807, 2.05) is 50.2 Å². The van der Waals surface area contributed by atoms with Crippen LogP contribution in [0.15, 0.2) is 48.5 Å². The zero-order valence-electron chi connectivity index (χ0n) is 17.6. The summed E-state index contributed by atoms with van der Waals surface area (Å²) < 4.78 is 5.39. The van der Waals surface area contributed by atoms with Crippen molar-refractivity contribution in [1.29, 1.82) is 0 Å². The molecule has 1 saturated heterocycles. The molecular formula is C24H31N3O2. The van der Waals surface area contributed by atoms with Crippen LogP contribution < -0.4 is 10.2 Å². The Bertz CT molecular complexity index is 925. The lowest BCUT2D eigenvalue weighted by Crippen LogP contribution is -2.36. The number of morpholine rings is 1. The summed E-state index contributed by atoms with van der Waals surface area (Å²) in [5.41, 5.74) is 5.43. The highest BCUT2D eigenvalue weighted by atomic mass is 16.5. The van der Waals surface area contributed by atoms with Crippen LogP contribution >= 0.6 is 0 Å². The molecule has 4 rings (SSSR count). The van der Waals surface area contributed by atoms with Crippen LogP contribution in [-0.2, 0) is 11.2 Å². The highest BCUT2D eigenvalue weighted by Crippen LogP contribution is 2.22. The van der Waals surface area contributed by atoms with Crippen molar-refractivity contribution < 1.29 is 9.53 Å². The van der Waals surface area contributed by atoms with Gasteiger partial charge in [0.25, 0.3) is 5.91 Å². The summed E-state index contributed by atoms with van der Waals surface area (Å²) >= 11 is 0. The van der Waals surface area contributed by atoms with Crippen molar-refractivity contribution in [2.24, 2.45) is 0 Å². The van der Waals surface area contributed by atoms with Gasteiger partial charge in [-0.2, -0.15) is 0 Å². The molecule has 5 heteroatoms. The van der Waals surface area contributed by atoms with Gasteiger partial charge >= 0.3 is 0 Å². The van der Waals surface area contributed by atoms with Gasteiger partial charge in [-0.15, -0.1) is 0 Å². The third kappa shape index (κ3) is 4.98. The number of carbonyl (C=O) groups excluding carboxylic acids is 1. The summed E-state index contributed by atoms with van der Waals surface area (Å²) in [6, 6.07) is 16.1. The fourth-order valence-corrected chi connectivity index (χ4v) is 3.71. The van der Waals surface area contributed by atoms with E-state index in [2.05, 4.69) is 34.3 Å². The van der Waals surface area contributed by atoms with E-state index in [0.717, 1.165) is 43.9 Å². The molecule has 2 N–H and O–H groups in total. The van der Waals surface area contributed by atoms with Gasteiger partial charge in [-0.3, -0.25) is 4.79 Å². The molecule has 0 bridgehead atoms. The summed E-state index contributed by atoms with van der Waals surface area (Å²) in [5.74, 6) is -0.0268. The van der Waals surface area contributed by atoms with Crippen LogP contribution in [-0.4, -0.2) is 43.7 Å². The van der Waals surface area contributed by atoms with E-state index in [0.29, 0.717) is 12.1 Å². The molecule has 0 spiro atoms. The standard InChI is InChI=1S/C22H25N3O2.C2H6/c1-16-19(20-4-2-3-5-21(20)24-16)10-11-23-22(26)17-6-8-18(9-7-17)25-12-14-27-15-13-25;1-2/h2-9,24H,10-15H2,1H3,(H,23,26);1-2H3. The molecule has 0 aliphatic carbocycles. The Balaban J connectivity index is 0.00000117. The number of nitrogens with one attached hydrogen (secondary N) is 2. The normalized spacial score (nSPS) is 13.7. The maximum Gasteiger partial charge on any atom is 0.251 e. The largest absolute Gasteiger partial charge is 0.378 e. The molecule has 2 aromatic carbocycles. The number of fused-ring (bicyclic) bond motifs is 1. The molecule has 0 atom stereocenters. The number of amides is 1. The molecule has 1 aliphatic rings. The van der Waals surface area contributed by atoms with E-state index in [9.17, 15) is 4.79 Å². The zero-order chi connectivity index (χ0) is 20.6. The molecule has 5 nitrogen and oxygen atoms in total. The topological polar surface area (TPSA) is 57.4 Å². The van der Waals surface area contributed by atoms with Crippen LogP contribution in [0.2, 0.25) is 0 Å². The maximum atomic E-state index is 12.5. The number of ether oxygens (including phenoxy) is 1. The minimum absolute atomic E-state index is 0.0268. The number of hydrogen-bond acceptors (Lipinski definition) is 3. The Morgan fingerprint density at radius 2 is 1.76 bits per heavy atom. The number of carbonyl (C=O) groups is 1. The van der Waals surface area contributed by atoms with Crippen molar-refractivity contribution in [2.45, 2.75) is 27.2 Å². The summed E-state index contributed by atoms with van der Waals surface area (Å²) in [7, 11) is 0. The van der Waals surface area contributed by atoms with E-state index in [4.69, 9.17) is 4.74 Å². The first kappa shape index (κ1) is 20.9. The molecule has 1 amide bonds. The molecule has 1 aromatic heterocycles. The van der Waals surface area contributed by atoms with Crippen LogP contribution in [0.1, 0.15) is 35.5 Å². The first-order valence-corrected chi connectivity index (χ1v) is 10.5. The summed E-state index contributed by atoms with van der Waals surface area (Å²) in [6.45, 7) is 10.0. The van der Waals surface area contributed by atoms with Crippen molar-refractivity contribution in [3.8, 4) is 0 Å². The minimum Gasteiger partial charge on any atom is -0.378 e. The van der Waals surface area contributed by atoms with Gasteiger partial charge in [0.1, 0.15) is 0 Å². The number of nitrogens with zero attached hydrogens (tertiary/aromatic N) is 1. The van der Waals surface area contributed by atoms with E-state index < -0.39 is 0 Å². The third-order valence-corrected chi connectivity index (χ3v) is 5.19. The summed E-state index contributed by atoms with van der Waals surface area (Å²) in [6.07, 6.45) is 0.813. The smallest absolute Gasteiger partial charge is 0.251 e. The van der Waals surface area contributed by atoms with Crippen molar-refractivity contribution in [2.75, 3.05) is 37.7 Å². The lowest BCUT2D eigenvalue weighted by molar-refractivity contribution is 0.0954. The first-order chi connectivity index (χ1) is 14.2. The van der Waals surface area contributed by atoms with E-state index in [1.54, 1.807) is 0 Å². The summed E-state index contributed by atoms with van der Waals surface area (Å²) in [4.78, 5) is 18.1.